The Labute approximate surface area is 127 Å². The molecule has 1 aliphatic heterocycles. The molecule has 1 aliphatic rings. The van der Waals surface area contributed by atoms with Crippen LogP contribution in [-0.2, 0) is 9.53 Å². The Hall–Kier alpha value is -2.57. The summed E-state index contributed by atoms with van der Waals surface area (Å²) in [6.07, 6.45) is -1.16. The number of rotatable bonds is 6. The van der Waals surface area contributed by atoms with Gasteiger partial charge < -0.3 is 19.9 Å². The predicted octanol–water partition coefficient (Wildman–Crippen LogP) is 1.77. The summed E-state index contributed by atoms with van der Waals surface area (Å²) in [7, 11) is 1.43. The van der Waals surface area contributed by atoms with E-state index in [2.05, 4.69) is 5.32 Å². The largest absolute Gasteiger partial charge is 0.496 e. The molecular weight excluding hydrogens is 290 g/mol. The van der Waals surface area contributed by atoms with Crippen molar-refractivity contribution in [3.63, 3.8) is 0 Å². The second kappa shape index (κ2) is 6.46. The highest BCUT2D eigenvalue weighted by atomic mass is 16.6. The summed E-state index contributed by atoms with van der Waals surface area (Å²) in [5, 5.41) is 11.3. The van der Waals surface area contributed by atoms with Crippen molar-refractivity contribution in [1.29, 1.82) is 0 Å². The Balaban J connectivity index is 2.24. The molecule has 1 saturated heterocycles. The molecule has 0 spiro atoms. The van der Waals surface area contributed by atoms with E-state index in [1.165, 1.54) is 7.11 Å². The van der Waals surface area contributed by atoms with Gasteiger partial charge in [0.1, 0.15) is 11.9 Å². The number of cyclic esters (lactones) is 1. The number of Topliss-reactive ketones (excluding diaryl/α,β-unsaturated/α-hetero) is 1. The number of amides is 1. The van der Waals surface area contributed by atoms with E-state index in [0.717, 1.165) is 0 Å². The van der Waals surface area contributed by atoms with Crippen LogP contribution in [0.3, 0.4) is 0 Å². The Bertz CT molecular complexity index is 612. The number of nitrogens with one attached hydrogen (secondary N) is 1. The third-order valence-electron chi connectivity index (χ3n) is 3.47. The van der Waals surface area contributed by atoms with Gasteiger partial charge in [-0.2, -0.15) is 0 Å². The predicted molar refractivity (Wildman–Crippen MR) is 76.0 cm³/mol. The van der Waals surface area contributed by atoms with Gasteiger partial charge in [-0.25, -0.2) is 4.79 Å². The van der Waals surface area contributed by atoms with Crippen LogP contribution in [0.1, 0.15) is 35.4 Å². The van der Waals surface area contributed by atoms with Crippen LogP contribution in [0.5, 0.6) is 5.75 Å². The summed E-state index contributed by atoms with van der Waals surface area (Å²) in [5.74, 6) is -1.64. The minimum Gasteiger partial charge on any atom is -0.496 e. The van der Waals surface area contributed by atoms with Crippen LogP contribution >= 0.6 is 0 Å². The summed E-state index contributed by atoms with van der Waals surface area (Å²) in [4.78, 5) is 34.1. The second-order valence-corrected chi connectivity index (χ2v) is 5.10. The number of methoxy groups -OCH3 is 1. The molecule has 1 fully saturated rings. The lowest BCUT2D eigenvalue weighted by atomic mass is 9.94. The molecule has 118 valence electrons. The number of carbonyl (C=O) groups is 3. The summed E-state index contributed by atoms with van der Waals surface area (Å²) in [6, 6.07) is 4.88. The zero-order valence-electron chi connectivity index (χ0n) is 12.3. The highest BCUT2D eigenvalue weighted by Crippen LogP contribution is 2.29. The lowest BCUT2D eigenvalue weighted by Gasteiger charge is -2.15. The fourth-order valence-corrected chi connectivity index (χ4v) is 2.31. The van der Waals surface area contributed by atoms with Crippen molar-refractivity contribution in [3.8, 4) is 5.75 Å². The van der Waals surface area contributed by atoms with Crippen molar-refractivity contribution in [3.05, 3.63) is 29.3 Å². The SMILES string of the molecule is COc1cc(C2CNC(=O)O2)ccc1C(=O)C(C)CC(=O)O. The number of aliphatic carboxylic acids is 1. The van der Waals surface area contributed by atoms with Crippen LogP contribution < -0.4 is 10.1 Å². The number of alkyl carbamates (subject to hydrolysis) is 1. The fraction of sp³-hybridized carbons (Fsp3) is 0.400. The molecule has 0 radical (unpaired) electrons. The van der Waals surface area contributed by atoms with Crippen molar-refractivity contribution in [1.82, 2.24) is 5.32 Å². The third-order valence-corrected chi connectivity index (χ3v) is 3.47. The van der Waals surface area contributed by atoms with E-state index >= 15 is 0 Å². The molecule has 1 amide bonds. The summed E-state index contributed by atoms with van der Waals surface area (Å²) >= 11 is 0. The van der Waals surface area contributed by atoms with Gasteiger partial charge in [0.05, 0.1) is 25.6 Å². The van der Waals surface area contributed by atoms with E-state index in [0.29, 0.717) is 23.4 Å². The lowest BCUT2D eigenvalue weighted by molar-refractivity contribution is -0.137. The molecule has 0 saturated carbocycles. The van der Waals surface area contributed by atoms with Crippen LogP contribution in [0.25, 0.3) is 0 Å². The van der Waals surface area contributed by atoms with Gasteiger partial charge in [-0.3, -0.25) is 9.59 Å². The van der Waals surface area contributed by atoms with Gasteiger partial charge in [-0.05, 0) is 17.7 Å². The van der Waals surface area contributed by atoms with Crippen LogP contribution in [0, 0.1) is 5.92 Å². The van der Waals surface area contributed by atoms with Crippen molar-refractivity contribution in [2.24, 2.45) is 5.92 Å². The third kappa shape index (κ3) is 3.36. The molecule has 22 heavy (non-hydrogen) atoms. The van der Waals surface area contributed by atoms with Crippen LogP contribution in [0.2, 0.25) is 0 Å². The molecule has 7 nitrogen and oxygen atoms in total. The van der Waals surface area contributed by atoms with Gasteiger partial charge in [0.2, 0.25) is 0 Å². The maximum absolute atomic E-state index is 12.3. The zero-order valence-corrected chi connectivity index (χ0v) is 12.3. The van der Waals surface area contributed by atoms with E-state index in [1.807, 2.05) is 0 Å². The molecule has 0 bridgehead atoms. The summed E-state index contributed by atoms with van der Waals surface area (Å²) in [5.41, 5.74) is 1.02. The first kappa shape index (κ1) is 15.8. The van der Waals surface area contributed by atoms with E-state index in [4.69, 9.17) is 14.6 Å². The smallest absolute Gasteiger partial charge is 0.407 e. The molecule has 1 aromatic rings. The number of hydrogen-bond donors (Lipinski definition) is 2. The standard InChI is InChI=1S/C15H17NO6/c1-8(5-13(17)18)14(19)10-4-3-9(6-11(10)21-2)12-7-16-15(20)22-12/h3-4,6,8,12H,5,7H2,1-2H3,(H,16,20)(H,17,18). The number of ether oxygens (including phenoxy) is 2. The van der Waals surface area contributed by atoms with Crippen molar-refractivity contribution in [2.45, 2.75) is 19.4 Å². The second-order valence-electron chi connectivity index (χ2n) is 5.10. The maximum atomic E-state index is 12.3. The quantitative estimate of drug-likeness (QED) is 0.777. The zero-order chi connectivity index (χ0) is 16.3. The Morgan fingerprint density at radius 3 is 2.77 bits per heavy atom. The average Bonchev–Trinajstić information content (AvgIpc) is 2.91. The first-order valence-electron chi connectivity index (χ1n) is 6.80. The Morgan fingerprint density at radius 1 is 1.50 bits per heavy atom. The molecule has 2 rings (SSSR count). The van der Waals surface area contributed by atoms with Crippen molar-refractivity contribution in [2.75, 3.05) is 13.7 Å². The van der Waals surface area contributed by atoms with Crippen molar-refractivity contribution >= 4 is 17.8 Å². The molecule has 1 heterocycles. The van der Waals surface area contributed by atoms with Crippen molar-refractivity contribution < 1.29 is 29.0 Å². The van der Waals surface area contributed by atoms with Crippen LogP contribution in [0.4, 0.5) is 4.79 Å². The monoisotopic (exact) mass is 307 g/mol. The molecular formula is C15H17NO6. The van der Waals surface area contributed by atoms with Gasteiger partial charge in [0.25, 0.3) is 0 Å². The summed E-state index contributed by atoms with van der Waals surface area (Å²) < 4.78 is 10.3. The van der Waals surface area contributed by atoms with E-state index < -0.39 is 24.1 Å². The number of benzene rings is 1. The van der Waals surface area contributed by atoms with Crippen LogP contribution in [-0.4, -0.2) is 36.6 Å². The van der Waals surface area contributed by atoms with Gasteiger partial charge in [0.15, 0.2) is 5.78 Å². The highest BCUT2D eigenvalue weighted by Gasteiger charge is 2.27. The van der Waals surface area contributed by atoms with Gasteiger partial charge in [-0.1, -0.05) is 13.0 Å². The van der Waals surface area contributed by atoms with E-state index in [9.17, 15) is 14.4 Å². The highest BCUT2D eigenvalue weighted by molar-refractivity contribution is 6.01. The number of carboxylic acid groups (broad SMARTS) is 1. The minimum atomic E-state index is -1.03. The molecule has 0 aliphatic carbocycles. The molecule has 2 atom stereocenters. The van der Waals surface area contributed by atoms with Gasteiger partial charge >= 0.3 is 12.1 Å². The number of carbonyl (C=O) groups excluding carboxylic acids is 2. The lowest BCUT2D eigenvalue weighted by Crippen LogP contribution is -2.16. The number of carboxylic acids is 1. The molecule has 1 aromatic carbocycles. The first-order chi connectivity index (χ1) is 10.4. The van der Waals surface area contributed by atoms with Crippen LogP contribution in [0.15, 0.2) is 18.2 Å². The molecule has 2 unspecified atom stereocenters. The van der Waals surface area contributed by atoms with E-state index in [1.54, 1.807) is 25.1 Å². The normalized spacial score (nSPS) is 18.3. The Morgan fingerprint density at radius 2 is 2.23 bits per heavy atom. The maximum Gasteiger partial charge on any atom is 0.407 e. The van der Waals surface area contributed by atoms with Gasteiger partial charge in [0, 0.05) is 5.92 Å². The topological polar surface area (TPSA) is 102 Å². The number of ketones is 1. The summed E-state index contributed by atoms with van der Waals surface area (Å²) in [6.45, 7) is 1.91. The molecule has 0 aromatic heterocycles. The number of hydrogen-bond acceptors (Lipinski definition) is 5. The molecule has 7 heteroatoms. The van der Waals surface area contributed by atoms with Gasteiger partial charge in [-0.15, -0.1) is 0 Å². The average molecular weight is 307 g/mol. The molecule has 2 N–H and O–H groups in total. The van der Waals surface area contributed by atoms with E-state index in [-0.39, 0.29) is 12.2 Å². The fourth-order valence-electron chi connectivity index (χ4n) is 2.31. The minimum absolute atomic E-state index is 0.242. The Kier molecular flexibility index (Phi) is 4.65. The first-order valence-corrected chi connectivity index (χ1v) is 6.80.